The number of nitriles is 1. The van der Waals surface area contributed by atoms with E-state index in [4.69, 9.17) is 0 Å². The van der Waals surface area contributed by atoms with Gasteiger partial charge in [0.05, 0.1) is 12.3 Å². The minimum atomic E-state index is -3.45. The van der Waals surface area contributed by atoms with Gasteiger partial charge in [-0.3, -0.25) is 4.31 Å². The third kappa shape index (κ3) is 2.49. The highest BCUT2D eigenvalue weighted by Gasteiger charge is 2.31. The predicted octanol–water partition coefficient (Wildman–Crippen LogP) is 2.67. The molecule has 1 aliphatic rings. The number of hydrogen-bond acceptors (Lipinski definition) is 3. The van der Waals surface area contributed by atoms with Crippen LogP contribution in [0.3, 0.4) is 0 Å². The van der Waals surface area contributed by atoms with Gasteiger partial charge in [0.15, 0.2) is 6.04 Å². The lowest BCUT2D eigenvalue weighted by atomic mass is 9.91. The number of fused-ring (bicyclic) bond motifs is 1. The van der Waals surface area contributed by atoms with Crippen molar-refractivity contribution in [2.24, 2.45) is 0 Å². The topological polar surface area (TPSA) is 61.2 Å². The summed E-state index contributed by atoms with van der Waals surface area (Å²) in [5, 5.41) is 9.30. The van der Waals surface area contributed by atoms with Gasteiger partial charge >= 0.3 is 0 Å². The molecule has 1 aromatic rings. The van der Waals surface area contributed by atoms with Crippen LogP contribution in [-0.2, 0) is 10.0 Å². The van der Waals surface area contributed by atoms with Crippen molar-refractivity contribution in [1.82, 2.24) is 4.31 Å². The van der Waals surface area contributed by atoms with Crippen LogP contribution in [-0.4, -0.2) is 19.0 Å². The van der Waals surface area contributed by atoms with E-state index in [-0.39, 0.29) is 0 Å². The third-order valence-corrected chi connectivity index (χ3v) is 4.25. The summed E-state index contributed by atoms with van der Waals surface area (Å²) < 4.78 is 24.9. The quantitative estimate of drug-likeness (QED) is 0.852. The first kappa shape index (κ1) is 13.6. The Kier molecular flexibility index (Phi) is 3.63. The number of benzene rings is 1. The molecule has 1 unspecified atom stereocenters. The van der Waals surface area contributed by atoms with E-state index in [1.807, 2.05) is 31.2 Å². The summed E-state index contributed by atoms with van der Waals surface area (Å²) in [5.74, 6) is 0. The van der Waals surface area contributed by atoms with Crippen molar-refractivity contribution >= 4 is 15.6 Å². The zero-order valence-electron chi connectivity index (χ0n) is 11.0. The fourth-order valence-electron chi connectivity index (χ4n) is 2.34. The first-order valence-electron chi connectivity index (χ1n) is 6.17. The molecule has 2 rings (SSSR count). The molecule has 0 saturated heterocycles. The normalized spacial score (nSPS) is 18.5. The van der Waals surface area contributed by atoms with Crippen LogP contribution in [0.2, 0.25) is 0 Å². The zero-order valence-corrected chi connectivity index (χ0v) is 11.8. The smallest absolute Gasteiger partial charge is 0.233 e. The highest BCUT2D eigenvalue weighted by atomic mass is 32.2. The number of hydrogen-bond donors (Lipinski definition) is 0. The highest BCUT2D eigenvalue weighted by molar-refractivity contribution is 7.88. The van der Waals surface area contributed by atoms with Gasteiger partial charge < -0.3 is 0 Å². The molecule has 4 nitrogen and oxygen atoms in total. The fraction of sp³-hybridized carbons (Fsp3) is 0.357. The van der Waals surface area contributed by atoms with E-state index in [1.54, 1.807) is 6.20 Å². The maximum Gasteiger partial charge on any atom is 0.233 e. The molecule has 0 radical (unpaired) electrons. The number of rotatable bonds is 3. The predicted molar refractivity (Wildman–Crippen MR) is 74.4 cm³/mol. The Morgan fingerprint density at radius 1 is 1.37 bits per heavy atom. The molecule has 0 aliphatic carbocycles. The Morgan fingerprint density at radius 3 is 2.63 bits per heavy atom. The summed E-state index contributed by atoms with van der Waals surface area (Å²) in [4.78, 5) is 0. The molecular formula is C14H16N2O2S. The van der Waals surface area contributed by atoms with Crippen LogP contribution in [0.1, 0.15) is 36.9 Å². The van der Waals surface area contributed by atoms with E-state index < -0.39 is 16.1 Å². The first-order chi connectivity index (χ1) is 8.99. The summed E-state index contributed by atoms with van der Waals surface area (Å²) in [6.07, 6.45) is 4.45. The van der Waals surface area contributed by atoms with Crippen LogP contribution in [0, 0.1) is 11.3 Å². The molecule has 0 aromatic heterocycles. The first-order valence-corrected chi connectivity index (χ1v) is 8.02. The van der Waals surface area contributed by atoms with E-state index in [1.165, 1.54) is 4.31 Å². The molecule has 0 amide bonds. The van der Waals surface area contributed by atoms with E-state index in [9.17, 15) is 13.7 Å². The van der Waals surface area contributed by atoms with Crippen LogP contribution in [0.5, 0.6) is 0 Å². The Hall–Kier alpha value is -1.80. The van der Waals surface area contributed by atoms with E-state index in [0.29, 0.717) is 0 Å². The molecule has 19 heavy (non-hydrogen) atoms. The van der Waals surface area contributed by atoms with Crippen LogP contribution in [0.15, 0.2) is 30.5 Å². The van der Waals surface area contributed by atoms with Crippen molar-refractivity contribution in [3.05, 3.63) is 41.6 Å². The maximum absolute atomic E-state index is 11.8. The van der Waals surface area contributed by atoms with E-state index in [0.717, 1.165) is 35.8 Å². The van der Waals surface area contributed by atoms with Crippen molar-refractivity contribution in [2.75, 3.05) is 6.26 Å². The van der Waals surface area contributed by atoms with E-state index in [2.05, 4.69) is 6.07 Å². The van der Waals surface area contributed by atoms with Gasteiger partial charge in [0.25, 0.3) is 0 Å². The largest absolute Gasteiger partial charge is 0.256 e. The lowest BCUT2D eigenvalue weighted by Crippen LogP contribution is -2.32. The van der Waals surface area contributed by atoms with Crippen molar-refractivity contribution in [2.45, 2.75) is 25.8 Å². The van der Waals surface area contributed by atoms with Crippen LogP contribution >= 0.6 is 0 Å². The van der Waals surface area contributed by atoms with Gasteiger partial charge in [0, 0.05) is 6.20 Å². The Balaban J connectivity index is 2.64. The average Bonchev–Trinajstić information content (AvgIpc) is 2.37. The number of allylic oxidation sites excluding steroid dienone is 1. The van der Waals surface area contributed by atoms with Crippen LogP contribution < -0.4 is 0 Å². The molecule has 0 N–H and O–H groups in total. The molecule has 5 heteroatoms. The molecular weight excluding hydrogens is 260 g/mol. The SMILES string of the molecule is CCCC1=CN(S(C)(=O)=O)C(C#N)c2ccccc21. The Bertz CT molecular complexity index is 656. The molecule has 1 aromatic carbocycles. The zero-order chi connectivity index (χ0) is 14.0. The molecule has 0 saturated carbocycles. The molecule has 0 spiro atoms. The monoisotopic (exact) mass is 276 g/mol. The maximum atomic E-state index is 11.8. The second kappa shape index (κ2) is 5.06. The van der Waals surface area contributed by atoms with Gasteiger partial charge in [-0.2, -0.15) is 5.26 Å². The van der Waals surface area contributed by atoms with Gasteiger partial charge in [0.2, 0.25) is 10.0 Å². The average molecular weight is 276 g/mol. The molecule has 0 fully saturated rings. The molecule has 1 atom stereocenters. The second-order valence-electron chi connectivity index (χ2n) is 4.62. The Labute approximate surface area is 114 Å². The van der Waals surface area contributed by atoms with Gasteiger partial charge in [-0.25, -0.2) is 8.42 Å². The second-order valence-corrected chi connectivity index (χ2v) is 6.50. The molecule has 1 aliphatic heterocycles. The lowest BCUT2D eigenvalue weighted by Gasteiger charge is -2.31. The van der Waals surface area contributed by atoms with Crippen LogP contribution in [0.25, 0.3) is 5.57 Å². The molecule has 100 valence electrons. The summed E-state index contributed by atoms with van der Waals surface area (Å²) >= 11 is 0. The summed E-state index contributed by atoms with van der Waals surface area (Å²) in [6.45, 7) is 2.05. The lowest BCUT2D eigenvalue weighted by molar-refractivity contribution is 0.463. The van der Waals surface area contributed by atoms with E-state index >= 15 is 0 Å². The Morgan fingerprint density at radius 2 is 2.05 bits per heavy atom. The van der Waals surface area contributed by atoms with Crippen molar-refractivity contribution in [1.29, 1.82) is 5.26 Å². The molecule has 1 heterocycles. The third-order valence-electron chi connectivity index (χ3n) is 3.16. The van der Waals surface area contributed by atoms with Crippen LogP contribution in [0.4, 0.5) is 0 Å². The summed E-state index contributed by atoms with van der Waals surface area (Å²) in [5.41, 5.74) is 2.72. The van der Waals surface area contributed by atoms with Crippen molar-refractivity contribution in [3.8, 4) is 6.07 Å². The molecule has 0 bridgehead atoms. The van der Waals surface area contributed by atoms with Gasteiger partial charge in [-0.1, -0.05) is 37.6 Å². The fourth-order valence-corrected chi connectivity index (χ4v) is 3.21. The van der Waals surface area contributed by atoms with Gasteiger partial charge in [-0.15, -0.1) is 0 Å². The standard InChI is InChI=1S/C14H16N2O2S/c1-3-6-11-10-16(19(2,17)18)14(9-15)13-8-5-4-7-12(11)13/h4-5,7-8,10,14H,3,6H2,1-2H3. The van der Waals surface area contributed by atoms with Crippen molar-refractivity contribution < 1.29 is 8.42 Å². The minimum Gasteiger partial charge on any atom is -0.256 e. The minimum absolute atomic E-state index is 0.765. The van der Waals surface area contributed by atoms with Crippen molar-refractivity contribution in [3.63, 3.8) is 0 Å². The summed E-state index contributed by atoms with van der Waals surface area (Å²) in [7, 11) is -3.45. The number of sulfonamides is 1. The number of nitrogens with zero attached hydrogens (tertiary/aromatic N) is 2. The highest BCUT2D eigenvalue weighted by Crippen LogP contribution is 2.37. The van der Waals surface area contributed by atoms with Gasteiger partial charge in [-0.05, 0) is 23.1 Å². The van der Waals surface area contributed by atoms with Gasteiger partial charge in [0.1, 0.15) is 0 Å². The summed E-state index contributed by atoms with van der Waals surface area (Å²) in [6, 6.07) is 8.82.